The number of hydrogen-bond donors (Lipinski definition) is 0. The van der Waals surface area contributed by atoms with Crippen molar-refractivity contribution < 1.29 is 8.83 Å². The molecule has 286 valence electrons. The second kappa shape index (κ2) is 12.8. The normalized spacial score (nSPS) is 11.8. The smallest absolute Gasteiger partial charge is 0.212 e. The Labute approximate surface area is 353 Å². The number of nitriles is 1. The number of para-hydroxylation sites is 2. The van der Waals surface area contributed by atoms with Gasteiger partial charge in [0.05, 0.1) is 56.3 Å². The Kier molecular flexibility index (Phi) is 7.05. The van der Waals surface area contributed by atoms with Crippen LogP contribution in [-0.2, 0) is 0 Å². The highest BCUT2D eigenvalue weighted by atomic mass is 16.3. The van der Waals surface area contributed by atoms with Crippen LogP contribution in [0.15, 0.2) is 191 Å². The highest BCUT2D eigenvalue weighted by molar-refractivity contribution is 6.26. The van der Waals surface area contributed by atoms with Crippen LogP contribution >= 0.6 is 0 Å². The maximum Gasteiger partial charge on any atom is 0.212 e. The lowest BCUT2D eigenvalue weighted by Crippen LogP contribution is -2.01. The minimum atomic E-state index is 0.412. The topological polar surface area (TPSA) is 64.3 Å². The molecule has 6 heteroatoms. The van der Waals surface area contributed by atoms with E-state index in [1.807, 2.05) is 84.9 Å². The second-order valence-electron chi connectivity index (χ2n) is 15.8. The zero-order valence-electron chi connectivity index (χ0n) is 32.9. The third-order valence-corrected chi connectivity index (χ3v) is 12.6. The zero-order valence-corrected chi connectivity index (χ0v) is 32.9. The molecule has 0 saturated heterocycles. The minimum absolute atomic E-state index is 0.412. The average molecular weight is 791 g/mol. The van der Waals surface area contributed by atoms with Crippen molar-refractivity contribution in [2.24, 2.45) is 0 Å². The fraction of sp³-hybridized carbons (Fsp3) is 0. The molecule has 0 unspecified atom stereocenters. The Hall–Kier alpha value is -8.84. The van der Waals surface area contributed by atoms with Crippen LogP contribution in [-0.4, -0.2) is 9.13 Å². The summed E-state index contributed by atoms with van der Waals surface area (Å²) >= 11 is 0. The fourth-order valence-electron chi connectivity index (χ4n) is 9.82. The largest absolute Gasteiger partial charge is 0.455 e. The van der Waals surface area contributed by atoms with E-state index in [0.29, 0.717) is 22.6 Å². The Morgan fingerprint density at radius 1 is 0.419 bits per heavy atom. The van der Waals surface area contributed by atoms with Gasteiger partial charge in [-0.25, -0.2) is 4.85 Å². The number of hydrogen-bond acceptors (Lipinski definition) is 3. The van der Waals surface area contributed by atoms with E-state index >= 15 is 0 Å². The molecule has 0 N–H and O–H groups in total. The van der Waals surface area contributed by atoms with Gasteiger partial charge >= 0.3 is 0 Å². The molecule has 0 aliphatic carbocycles. The van der Waals surface area contributed by atoms with Crippen LogP contribution in [0.4, 0.5) is 5.69 Å². The lowest BCUT2D eigenvalue weighted by Gasteiger charge is -2.16. The van der Waals surface area contributed by atoms with E-state index in [1.54, 1.807) is 0 Å². The molecule has 0 aliphatic heterocycles. The van der Waals surface area contributed by atoms with Crippen molar-refractivity contribution >= 4 is 93.2 Å². The molecule has 0 aliphatic rings. The fourth-order valence-corrected chi connectivity index (χ4v) is 9.82. The first-order chi connectivity index (χ1) is 30.7. The minimum Gasteiger partial charge on any atom is -0.455 e. The Morgan fingerprint density at radius 2 is 0.887 bits per heavy atom. The zero-order chi connectivity index (χ0) is 41.1. The van der Waals surface area contributed by atoms with Crippen LogP contribution < -0.4 is 0 Å². The van der Waals surface area contributed by atoms with Gasteiger partial charge in [-0.2, -0.15) is 5.26 Å². The van der Waals surface area contributed by atoms with Crippen molar-refractivity contribution in [3.63, 3.8) is 0 Å². The maximum absolute atomic E-state index is 11.1. The molecule has 0 saturated carbocycles. The summed E-state index contributed by atoms with van der Waals surface area (Å²) in [7, 11) is 0. The second-order valence-corrected chi connectivity index (χ2v) is 15.8. The SMILES string of the molecule is [C-]#[N+]c1cc(-n2c3ccc(-c4ccccc4)cc3c3c4oc5ccccc5c4ccc32)c(C#N)cc1-n1c2ccc(-c3ccccc3)cc2c2c3oc4ccccc4c3ccc21. The highest BCUT2D eigenvalue weighted by Crippen LogP contribution is 2.46. The number of fused-ring (bicyclic) bond motifs is 14. The van der Waals surface area contributed by atoms with E-state index in [2.05, 4.69) is 117 Å². The molecule has 0 radical (unpaired) electrons. The lowest BCUT2D eigenvalue weighted by atomic mass is 10.0. The molecule has 0 spiro atoms. The first-order valence-electron chi connectivity index (χ1n) is 20.5. The summed E-state index contributed by atoms with van der Waals surface area (Å²) in [5.74, 6) is 0. The summed E-state index contributed by atoms with van der Waals surface area (Å²) in [6, 6.07) is 64.6. The number of nitrogens with zero attached hydrogens (tertiary/aromatic N) is 4. The first kappa shape index (κ1) is 34.1. The number of benzene rings is 9. The molecule has 9 aromatic carbocycles. The number of aromatic nitrogens is 2. The van der Waals surface area contributed by atoms with Crippen LogP contribution in [0.1, 0.15) is 5.56 Å². The number of rotatable bonds is 4. The Balaban J connectivity index is 1.11. The maximum atomic E-state index is 11.1. The van der Waals surface area contributed by atoms with Gasteiger partial charge in [0.2, 0.25) is 5.69 Å². The van der Waals surface area contributed by atoms with Gasteiger partial charge in [-0.1, -0.05) is 109 Å². The van der Waals surface area contributed by atoms with Crippen molar-refractivity contribution in [3.05, 3.63) is 199 Å². The standard InChI is InChI=1S/C56H30N4O2/c1-58-44-31-49(59-45-24-20-35(33-12-4-2-5-13-33)28-42(45)53-47(59)26-22-40-38-16-8-10-18-51(38)61-55(40)53)37(32-57)30-50(44)60-46-25-21-36(34-14-6-3-7-15-34)29-43(46)54-48(60)27-23-41-39-17-9-11-19-52(39)62-56(41)54/h2-31H. The van der Waals surface area contributed by atoms with E-state index in [-0.39, 0.29) is 0 Å². The molecule has 4 aromatic heterocycles. The van der Waals surface area contributed by atoms with Crippen molar-refractivity contribution in [1.82, 2.24) is 9.13 Å². The molecule has 0 amide bonds. The molecule has 0 bridgehead atoms. The van der Waals surface area contributed by atoms with E-state index in [1.165, 1.54) is 0 Å². The average Bonchev–Trinajstić information content (AvgIpc) is 4.08. The summed E-state index contributed by atoms with van der Waals surface area (Å²) in [5, 5.41) is 19.2. The van der Waals surface area contributed by atoms with Gasteiger partial charge in [-0.3, -0.25) is 0 Å². The molecule has 62 heavy (non-hydrogen) atoms. The molecular formula is C56H30N4O2. The van der Waals surface area contributed by atoms with E-state index in [4.69, 9.17) is 15.4 Å². The summed E-state index contributed by atoms with van der Waals surface area (Å²) in [4.78, 5) is 4.21. The molecule has 0 atom stereocenters. The van der Waals surface area contributed by atoms with Crippen molar-refractivity contribution in [2.75, 3.05) is 0 Å². The van der Waals surface area contributed by atoms with Crippen molar-refractivity contribution in [1.29, 1.82) is 5.26 Å². The highest BCUT2D eigenvalue weighted by Gasteiger charge is 2.25. The Morgan fingerprint density at radius 3 is 1.39 bits per heavy atom. The van der Waals surface area contributed by atoms with Crippen LogP contribution in [0.5, 0.6) is 0 Å². The molecule has 6 nitrogen and oxygen atoms in total. The summed E-state index contributed by atoms with van der Waals surface area (Å²) in [5.41, 5.74) is 13.2. The molecule has 4 heterocycles. The van der Waals surface area contributed by atoms with Crippen molar-refractivity contribution in [2.45, 2.75) is 0 Å². The van der Waals surface area contributed by atoms with Gasteiger partial charge in [0, 0.05) is 32.3 Å². The van der Waals surface area contributed by atoms with Crippen LogP contribution in [0.25, 0.3) is 126 Å². The van der Waals surface area contributed by atoms with Crippen LogP contribution in [0.3, 0.4) is 0 Å². The van der Waals surface area contributed by atoms with Gasteiger partial charge in [-0.15, -0.1) is 0 Å². The van der Waals surface area contributed by atoms with Crippen LogP contribution in [0, 0.1) is 17.9 Å². The molecule has 0 fully saturated rings. The molecular weight excluding hydrogens is 761 g/mol. The predicted octanol–water partition coefficient (Wildman–Crippen LogP) is 15.4. The third-order valence-electron chi connectivity index (χ3n) is 12.6. The Bertz CT molecular complexity index is 3840. The number of furan rings is 2. The molecule has 13 aromatic rings. The summed E-state index contributed by atoms with van der Waals surface area (Å²) in [6.07, 6.45) is 0. The van der Waals surface area contributed by atoms with Gasteiger partial charge in [-0.05, 0) is 95.1 Å². The predicted molar refractivity (Wildman–Crippen MR) is 252 cm³/mol. The third kappa shape index (κ3) is 4.72. The van der Waals surface area contributed by atoms with Gasteiger partial charge in [0.15, 0.2) is 0 Å². The van der Waals surface area contributed by atoms with Gasteiger partial charge in [0.25, 0.3) is 0 Å². The van der Waals surface area contributed by atoms with Crippen molar-refractivity contribution in [3.8, 4) is 39.7 Å². The monoisotopic (exact) mass is 790 g/mol. The van der Waals surface area contributed by atoms with Gasteiger partial charge < -0.3 is 18.0 Å². The summed E-state index contributed by atoms with van der Waals surface area (Å²) < 4.78 is 17.6. The van der Waals surface area contributed by atoms with E-state index in [9.17, 15) is 5.26 Å². The molecule has 13 rings (SSSR count). The lowest BCUT2D eigenvalue weighted by molar-refractivity contribution is 0.672. The van der Waals surface area contributed by atoms with E-state index < -0.39 is 0 Å². The van der Waals surface area contributed by atoms with Crippen LogP contribution in [0.2, 0.25) is 0 Å². The first-order valence-corrected chi connectivity index (χ1v) is 20.5. The quantitative estimate of drug-likeness (QED) is 0.167. The summed E-state index contributed by atoms with van der Waals surface area (Å²) in [6.45, 7) is 8.71. The van der Waals surface area contributed by atoms with E-state index in [0.717, 1.165) is 110 Å². The van der Waals surface area contributed by atoms with Gasteiger partial charge in [0.1, 0.15) is 28.4 Å².